The maximum atomic E-state index is 13.3. The van der Waals surface area contributed by atoms with Crippen molar-refractivity contribution in [3.63, 3.8) is 0 Å². The van der Waals surface area contributed by atoms with Gasteiger partial charge < -0.3 is 10.1 Å². The molecule has 1 fully saturated rings. The molecule has 0 bridgehead atoms. The van der Waals surface area contributed by atoms with Gasteiger partial charge in [0.25, 0.3) is 5.91 Å². The molecule has 0 heterocycles. The predicted molar refractivity (Wildman–Crippen MR) is 76.9 cm³/mol. The van der Waals surface area contributed by atoms with Crippen LogP contribution >= 0.6 is 0 Å². The number of amides is 1. The Bertz CT molecular complexity index is 512. The second-order valence-electron chi connectivity index (χ2n) is 5.44. The fourth-order valence-electron chi connectivity index (χ4n) is 2.54. The monoisotopic (exact) mass is 293 g/mol. The molecule has 1 saturated carbocycles. The summed E-state index contributed by atoms with van der Waals surface area (Å²) in [5.41, 5.74) is 0.185. The van der Waals surface area contributed by atoms with Crippen molar-refractivity contribution < 1.29 is 18.7 Å². The van der Waals surface area contributed by atoms with Gasteiger partial charge in [0.1, 0.15) is 17.9 Å². The van der Waals surface area contributed by atoms with Crippen LogP contribution in [0.25, 0.3) is 0 Å². The molecule has 0 radical (unpaired) electrons. The van der Waals surface area contributed by atoms with E-state index in [0.29, 0.717) is 6.29 Å². The van der Waals surface area contributed by atoms with Crippen molar-refractivity contribution in [2.45, 2.75) is 51.2 Å². The summed E-state index contributed by atoms with van der Waals surface area (Å²) in [6.45, 7) is 1.61. The zero-order valence-corrected chi connectivity index (χ0v) is 12.1. The van der Waals surface area contributed by atoms with E-state index in [-0.39, 0.29) is 23.3 Å². The summed E-state index contributed by atoms with van der Waals surface area (Å²) >= 11 is 0. The molecule has 1 unspecified atom stereocenters. The van der Waals surface area contributed by atoms with Crippen LogP contribution in [0.15, 0.2) is 18.2 Å². The van der Waals surface area contributed by atoms with E-state index in [9.17, 15) is 14.0 Å². The molecule has 1 aromatic rings. The van der Waals surface area contributed by atoms with E-state index in [1.54, 1.807) is 6.92 Å². The smallest absolute Gasteiger partial charge is 0.260 e. The van der Waals surface area contributed by atoms with E-state index < -0.39 is 11.9 Å². The Morgan fingerprint density at radius 2 is 2.05 bits per heavy atom. The molecular weight excluding hydrogens is 273 g/mol. The van der Waals surface area contributed by atoms with Crippen LogP contribution in [0.3, 0.4) is 0 Å². The van der Waals surface area contributed by atoms with Crippen LogP contribution in [0.1, 0.15) is 49.4 Å². The predicted octanol–water partition coefficient (Wildman–Crippen LogP) is 2.85. The second-order valence-corrected chi connectivity index (χ2v) is 5.44. The third-order valence-corrected chi connectivity index (χ3v) is 3.66. The van der Waals surface area contributed by atoms with Gasteiger partial charge in [-0.15, -0.1) is 0 Å². The summed E-state index contributed by atoms with van der Waals surface area (Å²) in [5.74, 6) is -0.586. The number of hydrogen-bond donors (Lipinski definition) is 1. The lowest BCUT2D eigenvalue weighted by Crippen LogP contribution is -2.43. The maximum absolute atomic E-state index is 13.3. The van der Waals surface area contributed by atoms with E-state index in [1.807, 2.05) is 0 Å². The third kappa shape index (κ3) is 4.55. The largest absolute Gasteiger partial charge is 0.481 e. The lowest BCUT2D eigenvalue weighted by Gasteiger charge is -2.24. The van der Waals surface area contributed by atoms with Gasteiger partial charge in [0.15, 0.2) is 6.10 Å². The van der Waals surface area contributed by atoms with E-state index in [1.165, 1.54) is 12.5 Å². The molecule has 5 heteroatoms. The number of aldehydes is 1. The molecule has 1 amide bonds. The molecule has 0 saturated heterocycles. The highest BCUT2D eigenvalue weighted by Gasteiger charge is 2.20. The summed E-state index contributed by atoms with van der Waals surface area (Å²) in [6.07, 6.45) is 5.29. The minimum atomic E-state index is -0.728. The van der Waals surface area contributed by atoms with Gasteiger partial charge in [-0.2, -0.15) is 0 Å². The Balaban J connectivity index is 1.93. The number of carbonyl (C=O) groups excluding carboxylic acids is 2. The summed E-state index contributed by atoms with van der Waals surface area (Å²) in [4.78, 5) is 22.7. The van der Waals surface area contributed by atoms with Crippen molar-refractivity contribution in [3.8, 4) is 5.75 Å². The number of carbonyl (C=O) groups is 2. The summed E-state index contributed by atoms with van der Waals surface area (Å²) < 4.78 is 18.7. The van der Waals surface area contributed by atoms with Crippen molar-refractivity contribution in [2.75, 3.05) is 0 Å². The number of rotatable bonds is 5. The summed E-state index contributed by atoms with van der Waals surface area (Å²) in [6, 6.07) is 3.90. The molecule has 0 aromatic heterocycles. The normalized spacial score (nSPS) is 17.0. The van der Waals surface area contributed by atoms with Crippen molar-refractivity contribution >= 4 is 12.2 Å². The summed E-state index contributed by atoms with van der Waals surface area (Å²) in [5, 5.41) is 2.95. The number of benzene rings is 1. The van der Waals surface area contributed by atoms with Crippen LogP contribution in [-0.2, 0) is 4.79 Å². The molecule has 1 aliphatic carbocycles. The topological polar surface area (TPSA) is 55.4 Å². The van der Waals surface area contributed by atoms with Gasteiger partial charge in [0.05, 0.1) is 0 Å². The van der Waals surface area contributed by atoms with Gasteiger partial charge in [-0.1, -0.05) is 19.3 Å². The molecule has 4 nitrogen and oxygen atoms in total. The first kappa shape index (κ1) is 15.5. The zero-order chi connectivity index (χ0) is 15.2. The van der Waals surface area contributed by atoms with Gasteiger partial charge in [0, 0.05) is 17.7 Å². The first-order chi connectivity index (χ1) is 10.1. The first-order valence-electron chi connectivity index (χ1n) is 7.31. The lowest BCUT2D eigenvalue weighted by atomic mass is 9.95. The Labute approximate surface area is 123 Å². The van der Waals surface area contributed by atoms with Gasteiger partial charge in [-0.05, 0) is 31.9 Å². The molecule has 114 valence electrons. The minimum Gasteiger partial charge on any atom is -0.481 e. The molecule has 1 N–H and O–H groups in total. The van der Waals surface area contributed by atoms with Crippen molar-refractivity contribution in [2.24, 2.45) is 0 Å². The van der Waals surface area contributed by atoms with Crippen LogP contribution < -0.4 is 10.1 Å². The van der Waals surface area contributed by atoms with E-state index in [4.69, 9.17) is 4.74 Å². The molecule has 0 aliphatic heterocycles. The van der Waals surface area contributed by atoms with Crippen molar-refractivity contribution in [1.82, 2.24) is 5.32 Å². The number of ether oxygens (including phenoxy) is 1. The van der Waals surface area contributed by atoms with Crippen molar-refractivity contribution in [1.29, 1.82) is 0 Å². The average molecular weight is 293 g/mol. The fraction of sp³-hybridized carbons (Fsp3) is 0.500. The molecule has 0 spiro atoms. The number of nitrogens with one attached hydrogen (secondary N) is 1. The highest BCUT2D eigenvalue weighted by molar-refractivity contribution is 5.81. The molecule has 21 heavy (non-hydrogen) atoms. The van der Waals surface area contributed by atoms with Gasteiger partial charge >= 0.3 is 0 Å². The van der Waals surface area contributed by atoms with Crippen molar-refractivity contribution in [3.05, 3.63) is 29.6 Å². The molecule has 1 aromatic carbocycles. The van der Waals surface area contributed by atoms with Gasteiger partial charge in [0.2, 0.25) is 0 Å². The van der Waals surface area contributed by atoms with E-state index in [2.05, 4.69) is 5.32 Å². The second kappa shape index (κ2) is 7.20. The van der Waals surface area contributed by atoms with Crippen LogP contribution in [0.5, 0.6) is 5.75 Å². The van der Waals surface area contributed by atoms with E-state index >= 15 is 0 Å². The fourth-order valence-corrected chi connectivity index (χ4v) is 2.54. The Morgan fingerprint density at radius 3 is 2.71 bits per heavy atom. The Kier molecular flexibility index (Phi) is 5.31. The standard InChI is InChI=1S/C16H20FNO3/c1-11(16(20)18-14-5-3-2-4-6-14)21-15-8-12(10-19)7-13(17)9-15/h7-11,14H,2-6H2,1H3,(H,18,20). The quantitative estimate of drug-likeness (QED) is 0.849. The van der Waals surface area contributed by atoms with Crippen LogP contribution in [-0.4, -0.2) is 24.3 Å². The highest BCUT2D eigenvalue weighted by Crippen LogP contribution is 2.19. The number of halogens is 1. The van der Waals surface area contributed by atoms with E-state index in [0.717, 1.165) is 37.8 Å². The zero-order valence-electron chi connectivity index (χ0n) is 12.1. The van der Waals surface area contributed by atoms with Crippen LogP contribution in [0.4, 0.5) is 4.39 Å². The maximum Gasteiger partial charge on any atom is 0.260 e. The third-order valence-electron chi connectivity index (χ3n) is 3.66. The van der Waals surface area contributed by atoms with Gasteiger partial charge in [-0.25, -0.2) is 4.39 Å². The molecular formula is C16H20FNO3. The van der Waals surface area contributed by atoms with Crippen LogP contribution in [0.2, 0.25) is 0 Å². The Morgan fingerprint density at radius 1 is 1.33 bits per heavy atom. The molecule has 2 rings (SSSR count). The minimum absolute atomic E-state index is 0.184. The molecule has 1 atom stereocenters. The molecule has 1 aliphatic rings. The lowest BCUT2D eigenvalue weighted by molar-refractivity contribution is -0.128. The Hall–Kier alpha value is -1.91. The summed E-state index contributed by atoms with van der Waals surface area (Å²) in [7, 11) is 0. The average Bonchev–Trinajstić information content (AvgIpc) is 2.47. The van der Waals surface area contributed by atoms with Crippen LogP contribution in [0, 0.1) is 5.82 Å². The SMILES string of the molecule is CC(Oc1cc(F)cc(C=O)c1)C(=O)NC1CCCCC1. The first-order valence-corrected chi connectivity index (χ1v) is 7.31. The van der Waals surface area contributed by atoms with Gasteiger partial charge in [-0.3, -0.25) is 9.59 Å². The highest BCUT2D eigenvalue weighted by atomic mass is 19.1. The number of hydrogen-bond acceptors (Lipinski definition) is 3.